The van der Waals surface area contributed by atoms with Crippen LogP contribution < -0.4 is 15.4 Å². The van der Waals surface area contributed by atoms with Crippen molar-refractivity contribution in [1.82, 2.24) is 10.6 Å². The van der Waals surface area contributed by atoms with Crippen molar-refractivity contribution in [2.75, 3.05) is 13.2 Å². The predicted octanol–water partition coefficient (Wildman–Crippen LogP) is -0.261. The van der Waals surface area contributed by atoms with E-state index in [2.05, 4.69) is 10.6 Å². The number of esters is 5. The quantitative estimate of drug-likeness (QED) is 0.107. The molecule has 2 saturated heterocycles. The van der Waals surface area contributed by atoms with Gasteiger partial charge >= 0.3 is 29.8 Å². The van der Waals surface area contributed by atoms with Gasteiger partial charge in [0.1, 0.15) is 49.4 Å². The Morgan fingerprint density at radius 1 is 0.623 bits per heavy atom. The second kappa shape index (κ2) is 18.9. The first kappa shape index (κ1) is 42.0. The molecule has 1 aromatic carbocycles. The van der Waals surface area contributed by atoms with Gasteiger partial charge < -0.3 is 53.3 Å². The van der Waals surface area contributed by atoms with Gasteiger partial charge in [0, 0.05) is 60.6 Å². The van der Waals surface area contributed by atoms with Crippen molar-refractivity contribution in [3.8, 4) is 5.75 Å². The number of benzene rings is 1. The minimum atomic E-state index is -1.72. The molecule has 21 heteroatoms. The van der Waals surface area contributed by atoms with Gasteiger partial charge in [0.05, 0.1) is 4.92 Å². The van der Waals surface area contributed by atoms with E-state index < -0.39 is 121 Å². The second-order valence-corrected chi connectivity index (χ2v) is 11.8. The van der Waals surface area contributed by atoms with Crippen LogP contribution in [0.25, 0.3) is 0 Å². The lowest BCUT2D eigenvalue weighted by Gasteiger charge is -2.49. The summed E-state index contributed by atoms with van der Waals surface area (Å²) in [7, 11) is 0. The first-order chi connectivity index (χ1) is 24.9. The zero-order valence-corrected chi connectivity index (χ0v) is 29.8. The third-order valence-electron chi connectivity index (χ3n) is 7.43. The number of nitro groups is 1. The fourth-order valence-corrected chi connectivity index (χ4v) is 5.56. The van der Waals surface area contributed by atoms with Gasteiger partial charge in [-0.2, -0.15) is 0 Å². The molecule has 1 aromatic rings. The molecule has 0 spiro atoms. The van der Waals surface area contributed by atoms with E-state index in [9.17, 15) is 43.7 Å². The van der Waals surface area contributed by atoms with Gasteiger partial charge in [-0.1, -0.05) is 0 Å². The number of nitrogens with zero attached hydrogens (tertiary/aromatic N) is 1. The Labute approximate surface area is 302 Å². The number of nitrogens with one attached hydrogen (secondary N) is 2. The molecule has 292 valence electrons. The van der Waals surface area contributed by atoms with E-state index >= 15 is 0 Å². The molecule has 21 nitrogen and oxygen atoms in total. The normalized spacial score (nSPS) is 27.9. The van der Waals surface area contributed by atoms with Crippen LogP contribution in [0.15, 0.2) is 24.3 Å². The smallest absolute Gasteiger partial charge is 0.303 e. The molecule has 10 atom stereocenters. The maximum Gasteiger partial charge on any atom is 0.303 e. The topological polar surface area (TPSA) is 270 Å². The molecule has 3 rings (SSSR count). The van der Waals surface area contributed by atoms with Gasteiger partial charge in [0.15, 0.2) is 24.6 Å². The fourth-order valence-electron chi connectivity index (χ4n) is 5.56. The van der Waals surface area contributed by atoms with Crippen LogP contribution in [0.2, 0.25) is 0 Å². The number of carbonyl (C=O) groups is 7. The number of non-ortho nitro benzene ring substituents is 1. The van der Waals surface area contributed by atoms with Crippen molar-refractivity contribution in [3.63, 3.8) is 0 Å². The minimum absolute atomic E-state index is 0.0264. The highest BCUT2D eigenvalue weighted by atomic mass is 16.7. The van der Waals surface area contributed by atoms with Crippen molar-refractivity contribution in [2.45, 2.75) is 110 Å². The zero-order chi connectivity index (χ0) is 39.6. The summed E-state index contributed by atoms with van der Waals surface area (Å²) in [6.45, 7) is 6.47. The molecule has 2 heterocycles. The van der Waals surface area contributed by atoms with Gasteiger partial charge in [-0.3, -0.25) is 43.7 Å². The van der Waals surface area contributed by atoms with Gasteiger partial charge in [0.2, 0.25) is 18.1 Å². The molecule has 0 radical (unpaired) electrons. The first-order valence-electron chi connectivity index (χ1n) is 16.1. The zero-order valence-electron chi connectivity index (χ0n) is 29.8. The van der Waals surface area contributed by atoms with E-state index in [1.807, 2.05) is 0 Å². The Balaban J connectivity index is 2.16. The molecule has 0 unspecified atom stereocenters. The maximum absolute atomic E-state index is 12.6. The third kappa shape index (κ3) is 12.4. The van der Waals surface area contributed by atoms with E-state index in [1.165, 1.54) is 12.1 Å². The van der Waals surface area contributed by atoms with Crippen LogP contribution in [0.1, 0.15) is 48.5 Å². The molecule has 2 aliphatic heterocycles. The van der Waals surface area contributed by atoms with Gasteiger partial charge in [-0.15, -0.1) is 0 Å². The Morgan fingerprint density at radius 2 is 1.04 bits per heavy atom. The summed E-state index contributed by atoms with van der Waals surface area (Å²) in [6, 6.07) is 1.92. The number of hydrogen-bond donors (Lipinski definition) is 2. The Kier molecular flexibility index (Phi) is 15.0. The summed E-state index contributed by atoms with van der Waals surface area (Å²) in [5, 5.41) is 16.3. The molecule has 2 N–H and O–H groups in total. The van der Waals surface area contributed by atoms with Crippen LogP contribution >= 0.6 is 0 Å². The number of amides is 2. The lowest BCUT2D eigenvalue weighted by molar-refractivity contribution is -0.384. The van der Waals surface area contributed by atoms with E-state index in [4.69, 9.17) is 42.6 Å². The van der Waals surface area contributed by atoms with Crippen LogP contribution in [0.3, 0.4) is 0 Å². The SMILES string of the molecule is CC(=O)N[C@H]1[C@@H](Oc2ccc([N+](=O)[O-])cc2)O[C@H](COC(C)=O)[C@H](O[C@@H]2O[C@H](COC(C)=O)[C@@H](OC(C)=O)[C@H](OC(C)=O)[C@H]2NC(C)=O)[C@@H]1OC(C)=O. The highest BCUT2D eigenvalue weighted by Crippen LogP contribution is 2.34. The number of carbonyl (C=O) groups excluding carboxylic acids is 7. The monoisotopic (exact) mass is 755 g/mol. The standard InChI is InChI=1S/C32H41N3O18/c1-14(36)33-25-30(49-20(7)42)28(24(13-46-17(4)39)51-31(25)50-22-10-8-21(9-11-22)35(43)44)53-32-26(34-15(2)37)29(48-19(6)41)27(47-18(5)40)23(52-32)12-45-16(3)38/h8-11,23-32H,12-13H2,1-7H3,(H,33,36)(H,34,37)/t23-,24-,25-,26-,27-,28+,29-,30-,31+,32+/m1/s1. The number of nitro benzene ring substituents is 1. The van der Waals surface area contributed by atoms with Gasteiger partial charge in [-0.25, -0.2) is 0 Å². The third-order valence-corrected chi connectivity index (χ3v) is 7.43. The first-order valence-corrected chi connectivity index (χ1v) is 16.1. The number of hydrogen-bond acceptors (Lipinski definition) is 18. The fraction of sp³-hybridized carbons (Fsp3) is 0.594. The average Bonchev–Trinajstić information content (AvgIpc) is 3.03. The van der Waals surface area contributed by atoms with Crippen molar-refractivity contribution in [1.29, 1.82) is 0 Å². The minimum Gasteiger partial charge on any atom is -0.463 e. The lowest BCUT2D eigenvalue weighted by Crippen LogP contribution is -2.71. The Hall–Kier alpha value is -5.41. The molecule has 0 saturated carbocycles. The van der Waals surface area contributed by atoms with E-state index in [1.54, 1.807) is 0 Å². The van der Waals surface area contributed by atoms with Crippen LogP contribution in [0.4, 0.5) is 5.69 Å². The maximum atomic E-state index is 12.6. The second-order valence-electron chi connectivity index (χ2n) is 11.8. The molecule has 0 aromatic heterocycles. The van der Waals surface area contributed by atoms with Gasteiger partial charge in [0.25, 0.3) is 5.69 Å². The number of rotatable bonds is 14. The summed E-state index contributed by atoms with van der Waals surface area (Å²) in [5.41, 5.74) is -0.254. The molecule has 2 aliphatic rings. The number of ether oxygens (including phenoxy) is 9. The van der Waals surface area contributed by atoms with Crippen LogP contribution in [-0.2, 0) is 71.5 Å². The molecular weight excluding hydrogens is 714 g/mol. The summed E-state index contributed by atoms with van der Waals surface area (Å²) in [4.78, 5) is 96.5. The Morgan fingerprint density at radius 3 is 1.47 bits per heavy atom. The van der Waals surface area contributed by atoms with E-state index in [0.29, 0.717) is 0 Å². The molecule has 2 amide bonds. The summed E-state index contributed by atoms with van der Waals surface area (Å²) in [6.07, 6.45) is -12.2. The van der Waals surface area contributed by atoms with Crippen molar-refractivity contribution in [2.24, 2.45) is 0 Å². The Bertz CT molecular complexity index is 1540. The van der Waals surface area contributed by atoms with Gasteiger partial charge in [-0.05, 0) is 12.1 Å². The molecule has 2 fully saturated rings. The van der Waals surface area contributed by atoms with Crippen molar-refractivity contribution < 1.29 is 81.1 Å². The largest absolute Gasteiger partial charge is 0.463 e. The summed E-state index contributed by atoms with van der Waals surface area (Å²) >= 11 is 0. The molecule has 0 bridgehead atoms. The van der Waals surface area contributed by atoms with E-state index in [0.717, 1.165) is 60.6 Å². The van der Waals surface area contributed by atoms with Crippen molar-refractivity contribution >= 4 is 47.3 Å². The van der Waals surface area contributed by atoms with Crippen LogP contribution in [0, 0.1) is 10.1 Å². The highest BCUT2D eigenvalue weighted by molar-refractivity contribution is 5.74. The highest BCUT2D eigenvalue weighted by Gasteiger charge is 2.56. The van der Waals surface area contributed by atoms with Crippen molar-refractivity contribution in [3.05, 3.63) is 34.4 Å². The van der Waals surface area contributed by atoms with Crippen LogP contribution in [0.5, 0.6) is 5.75 Å². The molecule has 0 aliphatic carbocycles. The molecular formula is C32H41N3O18. The predicted molar refractivity (Wildman–Crippen MR) is 171 cm³/mol. The average molecular weight is 756 g/mol. The van der Waals surface area contributed by atoms with E-state index in [-0.39, 0.29) is 11.4 Å². The van der Waals surface area contributed by atoms with Crippen LogP contribution in [-0.4, -0.2) is 121 Å². The summed E-state index contributed by atoms with van der Waals surface area (Å²) in [5.74, 6) is -5.45. The molecule has 53 heavy (non-hydrogen) atoms. The summed E-state index contributed by atoms with van der Waals surface area (Å²) < 4.78 is 51.6. The lowest BCUT2D eigenvalue weighted by atomic mass is 9.94.